The third kappa shape index (κ3) is 3.88. The number of carbonyl (C=O) groups excluding carboxylic acids is 3. The van der Waals surface area contributed by atoms with E-state index in [1.807, 2.05) is 35.8 Å². The molecule has 7 nitrogen and oxygen atoms in total. The number of carbonyl (C=O) groups is 3. The van der Waals surface area contributed by atoms with Gasteiger partial charge in [0.05, 0.1) is 13.2 Å². The van der Waals surface area contributed by atoms with Gasteiger partial charge in [0, 0.05) is 35.5 Å². The topological polar surface area (TPSA) is 77.8 Å². The maximum atomic E-state index is 12.5. The van der Waals surface area contributed by atoms with Gasteiger partial charge >= 0.3 is 11.9 Å². The van der Waals surface area contributed by atoms with Crippen molar-refractivity contribution in [3.8, 4) is 0 Å². The van der Waals surface area contributed by atoms with Crippen LogP contribution in [-0.4, -0.2) is 53.6 Å². The maximum Gasteiger partial charge on any atom is 0.325 e. The average Bonchev–Trinajstić information content (AvgIpc) is 3.13. The molecule has 0 aliphatic carbocycles. The maximum absolute atomic E-state index is 12.5. The number of esters is 2. The van der Waals surface area contributed by atoms with Gasteiger partial charge in [0.1, 0.15) is 13.1 Å². The summed E-state index contributed by atoms with van der Waals surface area (Å²) in [4.78, 5) is 37.9. The molecule has 2 aromatic rings. The SMILES string of the molecule is CCOC(=O)CN1CC(c2c(C)n(CC(=O)OCC)c3ccccc23)CC1=O. The average molecular weight is 386 g/mol. The summed E-state index contributed by atoms with van der Waals surface area (Å²) in [6.07, 6.45) is 0.341. The fraction of sp³-hybridized carbons (Fsp3) is 0.476. The van der Waals surface area contributed by atoms with Gasteiger partial charge in [0.25, 0.3) is 0 Å². The highest BCUT2D eigenvalue weighted by atomic mass is 16.5. The molecule has 28 heavy (non-hydrogen) atoms. The highest BCUT2D eigenvalue weighted by Crippen LogP contribution is 2.37. The number of aromatic nitrogens is 1. The summed E-state index contributed by atoms with van der Waals surface area (Å²) in [7, 11) is 0. The molecule has 0 N–H and O–H groups in total. The van der Waals surface area contributed by atoms with Crippen LogP contribution in [0.15, 0.2) is 24.3 Å². The van der Waals surface area contributed by atoms with Gasteiger partial charge in [0.2, 0.25) is 5.91 Å². The van der Waals surface area contributed by atoms with Crippen LogP contribution in [0.3, 0.4) is 0 Å². The summed E-state index contributed by atoms with van der Waals surface area (Å²) in [5.74, 6) is -0.766. The summed E-state index contributed by atoms with van der Waals surface area (Å²) in [5.41, 5.74) is 2.95. The van der Waals surface area contributed by atoms with Crippen molar-refractivity contribution in [3.63, 3.8) is 0 Å². The molecular formula is C21H26N2O5. The first-order valence-electron chi connectivity index (χ1n) is 9.62. The van der Waals surface area contributed by atoms with Crippen molar-refractivity contribution < 1.29 is 23.9 Å². The van der Waals surface area contributed by atoms with Gasteiger partial charge < -0.3 is 18.9 Å². The van der Waals surface area contributed by atoms with Crippen LogP contribution in [0.2, 0.25) is 0 Å². The van der Waals surface area contributed by atoms with Crippen LogP contribution < -0.4 is 0 Å². The highest BCUT2D eigenvalue weighted by Gasteiger charge is 2.35. The van der Waals surface area contributed by atoms with E-state index < -0.39 is 5.97 Å². The molecule has 1 saturated heterocycles. The first-order valence-corrected chi connectivity index (χ1v) is 9.62. The van der Waals surface area contributed by atoms with Crippen molar-refractivity contribution in [2.45, 2.75) is 39.7 Å². The van der Waals surface area contributed by atoms with Crippen molar-refractivity contribution >= 4 is 28.7 Å². The predicted molar refractivity (Wildman–Crippen MR) is 104 cm³/mol. The summed E-state index contributed by atoms with van der Waals surface area (Å²) in [5, 5.41) is 1.03. The van der Waals surface area contributed by atoms with E-state index in [1.165, 1.54) is 0 Å². The molecule has 7 heteroatoms. The molecule has 150 valence electrons. The van der Waals surface area contributed by atoms with Gasteiger partial charge in [-0.1, -0.05) is 18.2 Å². The molecule has 0 spiro atoms. The van der Waals surface area contributed by atoms with Crippen LogP contribution in [0.25, 0.3) is 10.9 Å². The van der Waals surface area contributed by atoms with Gasteiger partial charge in [0.15, 0.2) is 0 Å². The molecule has 3 rings (SSSR count). The molecule has 1 aliphatic heterocycles. The minimum Gasteiger partial charge on any atom is -0.465 e. The van der Waals surface area contributed by atoms with E-state index in [1.54, 1.807) is 18.7 Å². The van der Waals surface area contributed by atoms with Gasteiger partial charge in [-0.2, -0.15) is 0 Å². The summed E-state index contributed by atoms with van der Waals surface area (Å²) >= 11 is 0. The second kappa shape index (κ2) is 8.46. The van der Waals surface area contributed by atoms with Gasteiger partial charge in [-0.3, -0.25) is 14.4 Å². The van der Waals surface area contributed by atoms with Crippen LogP contribution >= 0.6 is 0 Å². The largest absolute Gasteiger partial charge is 0.465 e. The van der Waals surface area contributed by atoms with E-state index in [4.69, 9.17) is 9.47 Å². The van der Waals surface area contributed by atoms with Crippen molar-refractivity contribution in [3.05, 3.63) is 35.5 Å². The van der Waals surface area contributed by atoms with E-state index >= 15 is 0 Å². The fourth-order valence-corrected chi connectivity index (χ4v) is 3.99. The normalized spacial score (nSPS) is 16.6. The quantitative estimate of drug-likeness (QED) is 0.683. The lowest BCUT2D eigenvalue weighted by Crippen LogP contribution is -2.32. The lowest BCUT2D eigenvalue weighted by molar-refractivity contribution is -0.147. The van der Waals surface area contributed by atoms with E-state index in [2.05, 4.69) is 0 Å². The number of rotatable bonds is 7. The Labute approximate surface area is 164 Å². The fourth-order valence-electron chi connectivity index (χ4n) is 3.99. The Morgan fingerprint density at radius 1 is 1.07 bits per heavy atom. The van der Waals surface area contributed by atoms with Gasteiger partial charge in [-0.15, -0.1) is 0 Å². The zero-order valence-electron chi connectivity index (χ0n) is 16.6. The predicted octanol–water partition coefficient (Wildman–Crippen LogP) is 2.39. The zero-order valence-corrected chi connectivity index (χ0v) is 16.6. The first-order chi connectivity index (χ1) is 13.5. The Balaban J connectivity index is 1.91. The third-order valence-electron chi connectivity index (χ3n) is 5.12. The Kier molecular flexibility index (Phi) is 6.02. The molecule has 1 amide bonds. The second-order valence-electron chi connectivity index (χ2n) is 6.89. The highest BCUT2D eigenvalue weighted by molar-refractivity contribution is 5.90. The molecule has 1 fully saturated rings. The molecule has 1 atom stereocenters. The number of hydrogen-bond donors (Lipinski definition) is 0. The minimum absolute atomic E-state index is 0.0241. The summed E-state index contributed by atoms with van der Waals surface area (Å²) in [6.45, 7) is 6.70. The molecular weight excluding hydrogens is 360 g/mol. The van der Waals surface area contributed by atoms with E-state index in [0.29, 0.717) is 26.2 Å². The molecule has 1 aliphatic rings. The van der Waals surface area contributed by atoms with Crippen molar-refractivity contribution in [1.82, 2.24) is 9.47 Å². The number of fused-ring (bicyclic) bond motifs is 1. The second-order valence-corrected chi connectivity index (χ2v) is 6.89. The lowest BCUT2D eigenvalue weighted by Gasteiger charge is -2.16. The van der Waals surface area contributed by atoms with Crippen molar-refractivity contribution in [1.29, 1.82) is 0 Å². The van der Waals surface area contributed by atoms with Crippen LogP contribution in [0.1, 0.15) is 37.4 Å². The number of hydrogen-bond acceptors (Lipinski definition) is 5. The smallest absolute Gasteiger partial charge is 0.325 e. The molecule has 0 bridgehead atoms. The minimum atomic E-state index is -0.391. The Morgan fingerprint density at radius 2 is 1.71 bits per heavy atom. The first kappa shape index (κ1) is 19.9. The molecule has 2 heterocycles. The van der Waals surface area contributed by atoms with Crippen LogP contribution in [0.4, 0.5) is 0 Å². The number of amides is 1. The zero-order chi connectivity index (χ0) is 20.3. The Bertz CT molecular complexity index is 902. The monoisotopic (exact) mass is 386 g/mol. The van der Waals surface area contributed by atoms with E-state index in [9.17, 15) is 14.4 Å². The number of likely N-dealkylation sites (tertiary alicyclic amines) is 1. The van der Waals surface area contributed by atoms with Crippen molar-refractivity contribution in [2.75, 3.05) is 26.3 Å². The van der Waals surface area contributed by atoms with Crippen LogP contribution in [-0.2, 0) is 30.4 Å². The Morgan fingerprint density at radius 3 is 2.39 bits per heavy atom. The molecule has 0 radical (unpaired) electrons. The summed E-state index contributed by atoms with van der Waals surface area (Å²) in [6, 6.07) is 7.86. The lowest BCUT2D eigenvalue weighted by atomic mass is 9.95. The number of para-hydroxylation sites is 1. The van der Waals surface area contributed by atoms with Crippen LogP contribution in [0.5, 0.6) is 0 Å². The third-order valence-corrected chi connectivity index (χ3v) is 5.12. The Hall–Kier alpha value is -2.83. The molecule has 1 aromatic heterocycles. The summed E-state index contributed by atoms with van der Waals surface area (Å²) < 4.78 is 12.0. The molecule has 1 unspecified atom stereocenters. The number of ether oxygens (including phenoxy) is 2. The number of benzene rings is 1. The molecule has 0 saturated carbocycles. The van der Waals surface area contributed by atoms with Crippen molar-refractivity contribution in [2.24, 2.45) is 0 Å². The van der Waals surface area contributed by atoms with E-state index in [0.717, 1.165) is 22.2 Å². The van der Waals surface area contributed by atoms with Crippen LogP contribution in [0, 0.1) is 6.92 Å². The van der Waals surface area contributed by atoms with Gasteiger partial charge in [-0.25, -0.2) is 0 Å². The number of nitrogens with zero attached hydrogens (tertiary/aromatic N) is 2. The van der Waals surface area contributed by atoms with E-state index in [-0.39, 0.29) is 30.9 Å². The van der Waals surface area contributed by atoms with Gasteiger partial charge in [-0.05, 0) is 32.4 Å². The standard InChI is InChI=1S/C21H26N2O5/c1-4-27-19(25)12-22-11-15(10-18(22)24)21-14(3)23(13-20(26)28-5-2)17-9-7-6-8-16(17)21/h6-9,15H,4-5,10-13H2,1-3H3. The molecule has 1 aromatic carbocycles.